The lowest BCUT2D eigenvalue weighted by Crippen LogP contribution is -2.35. The highest BCUT2D eigenvalue weighted by molar-refractivity contribution is 7.80. The zero-order chi connectivity index (χ0) is 13.0. The van der Waals surface area contributed by atoms with E-state index in [-0.39, 0.29) is 0 Å². The number of hydrogen-bond donors (Lipinski definition) is 2. The maximum absolute atomic E-state index is 5.61. The minimum atomic E-state index is 0.415. The van der Waals surface area contributed by atoms with Crippen LogP contribution in [0.5, 0.6) is 0 Å². The molecule has 0 aromatic carbocycles. The Morgan fingerprint density at radius 3 is 3.22 bits per heavy atom. The van der Waals surface area contributed by atoms with E-state index in [0.717, 1.165) is 24.5 Å². The van der Waals surface area contributed by atoms with Gasteiger partial charge in [0.15, 0.2) is 0 Å². The predicted molar refractivity (Wildman–Crippen MR) is 78.8 cm³/mol. The summed E-state index contributed by atoms with van der Waals surface area (Å²) in [5.41, 5.74) is 6.47. The Balaban J connectivity index is 1.89. The standard InChI is InChI=1S/C13H20N4S/c1-17-6-2-3-10(9-17)8-16-12-7-11(13(14)18)4-5-15-12/h4-5,7,10H,2-3,6,8-9H2,1H3,(H2,14,18)(H,15,16). The molecule has 4 nitrogen and oxygen atoms in total. The highest BCUT2D eigenvalue weighted by atomic mass is 32.1. The van der Waals surface area contributed by atoms with Crippen LogP contribution in [-0.4, -0.2) is 41.6 Å². The molecule has 5 heteroatoms. The number of nitrogens with two attached hydrogens (primary N) is 1. The Morgan fingerprint density at radius 2 is 2.50 bits per heavy atom. The first-order valence-electron chi connectivity index (χ1n) is 6.33. The number of thiocarbonyl (C=S) groups is 1. The summed E-state index contributed by atoms with van der Waals surface area (Å²) < 4.78 is 0. The van der Waals surface area contributed by atoms with Gasteiger partial charge in [-0.2, -0.15) is 0 Å². The molecule has 2 heterocycles. The first-order chi connectivity index (χ1) is 8.65. The van der Waals surface area contributed by atoms with Crippen molar-refractivity contribution in [1.29, 1.82) is 0 Å². The monoisotopic (exact) mass is 264 g/mol. The molecule has 0 amide bonds. The molecule has 1 unspecified atom stereocenters. The fourth-order valence-electron chi connectivity index (χ4n) is 2.37. The van der Waals surface area contributed by atoms with Crippen LogP contribution in [0.1, 0.15) is 18.4 Å². The van der Waals surface area contributed by atoms with Crippen LogP contribution in [0.4, 0.5) is 5.82 Å². The molecule has 1 saturated heterocycles. The van der Waals surface area contributed by atoms with Gasteiger partial charge in [0.25, 0.3) is 0 Å². The fourth-order valence-corrected chi connectivity index (χ4v) is 2.50. The summed E-state index contributed by atoms with van der Waals surface area (Å²) in [6.45, 7) is 3.33. The summed E-state index contributed by atoms with van der Waals surface area (Å²) in [6, 6.07) is 3.75. The van der Waals surface area contributed by atoms with Gasteiger partial charge >= 0.3 is 0 Å². The van der Waals surface area contributed by atoms with Crippen LogP contribution in [0.25, 0.3) is 0 Å². The van der Waals surface area contributed by atoms with Crippen molar-refractivity contribution in [3.05, 3.63) is 23.9 Å². The zero-order valence-corrected chi connectivity index (χ0v) is 11.5. The number of nitrogens with zero attached hydrogens (tertiary/aromatic N) is 2. The van der Waals surface area contributed by atoms with E-state index in [1.54, 1.807) is 6.20 Å². The van der Waals surface area contributed by atoms with Crippen LogP contribution in [0, 0.1) is 5.92 Å². The van der Waals surface area contributed by atoms with Crippen LogP contribution >= 0.6 is 12.2 Å². The Morgan fingerprint density at radius 1 is 1.67 bits per heavy atom. The van der Waals surface area contributed by atoms with Gasteiger partial charge in [0, 0.05) is 24.8 Å². The molecule has 3 N–H and O–H groups in total. The number of hydrogen-bond acceptors (Lipinski definition) is 4. The molecular formula is C13H20N4S. The molecule has 0 aliphatic carbocycles. The fraction of sp³-hybridized carbons (Fsp3) is 0.538. The molecular weight excluding hydrogens is 244 g/mol. The number of piperidine rings is 1. The van der Waals surface area contributed by atoms with Gasteiger partial charge in [-0.3, -0.25) is 0 Å². The number of nitrogens with one attached hydrogen (secondary N) is 1. The molecule has 0 bridgehead atoms. The summed E-state index contributed by atoms with van der Waals surface area (Å²) >= 11 is 4.96. The summed E-state index contributed by atoms with van der Waals surface area (Å²) in [5.74, 6) is 1.55. The number of likely N-dealkylation sites (tertiary alicyclic amines) is 1. The molecule has 0 spiro atoms. The van der Waals surface area contributed by atoms with Crippen LogP contribution in [0.2, 0.25) is 0 Å². The van der Waals surface area contributed by atoms with Crippen LogP contribution in [0.15, 0.2) is 18.3 Å². The molecule has 1 atom stereocenters. The van der Waals surface area contributed by atoms with E-state index >= 15 is 0 Å². The molecule has 1 aliphatic heterocycles. The SMILES string of the molecule is CN1CCCC(CNc2cc(C(N)=S)ccn2)C1. The first-order valence-corrected chi connectivity index (χ1v) is 6.74. The molecule has 18 heavy (non-hydrogen) atoms. The van der Waals surface area contributed by atoms with Crippen molar-refractivity contribution in [1.82, 2.24) is 9.88 Å². The summed E-state index contributed by atoms with van der Waals surface area (Å²) in [6.07, 6.45) is 4.30. The molecule has 0 saturated carbocycles. The Kier molecular flexibility index (Phi) is 4.49. The van der Waals surface area contributed by atoms with Gasteiger partial charge in [0.05, 0.1) is 0 Å². The van der Waals surface area contributed by atoms with Gasteiger partial charge in [0.2, 0.25) is 0 Å². The van der Waals surface area contributed by atoms with Crippen molar-refractivity contribution in [2.24, 2.45) is 11.7 Å². The minimum Gasteiger partial charge on any atom is -0.389 e. The van der Waals surface area contributed by atoms with Gasteiger partial charge in [-0.1, -0.05) is 12.2 Å². The lowest BCUT2D eigenvalue weighted by molar-refractivity contribution is 0.217. The summed E-state index contributed by atoms with van der Waals surface area (Å²) in [4.78, 5) is 7.08. The number of rotatable bonds is 4. The quantitative estimate of drug-likeness (QED) is 0.807. The highest BCUT2D eigenvalue weighted by Gasteiger charge is 2.16. The second kappa shape index (κ2) is 6.11. The van der Waals surface area contributed by atoms with Gasteiger partial charge in [0.1, 0.15) is 10.8 Å². The smallest absolute Gasteiger partial charge is 0.126 e. The molecule has 1 aromatic rings. The Bertz CT molecular complexity index is 421. The highest BCUT2D eigenvalue weighted by Crippen LogP contribution is 2.16. The second-order valence-corrected chi connectivity index (χ2v) is 5.39. The lowest BCUT2D eigenvalue weighted by Gasteiger charge is -2.29. The van der Waals surface area contributed by atoms with Crippen molar-refractivity contribution in [3.8, 4) is 0 Å². The number of pyridine rings is 1. The maximum atomic E-state index is 5.61. The Labute approximate surface area is 114 Å². The third kappa shape index (κ3) is 3.65. The number of anilines is 1. The first kappa shape index (κ1) is 13.2. The van der Waals surface area contributed by atoms with Crippen LogP contribution in [-0.2, 0) is 0 Å². The Hall–Kier alpha value is -1.20. The van der Waals surface area contributed by atoms with E-state index in [1.165, 1.54) is 19.4 Å². The van der Waals surface area contributed by atoms with Crippen LogP contribution in [0.3, 0.4) is 0 Å². The minimum absolute atomic E-state index is 0.415. The van der Waals surface area contributed by atoms with Crippen molar-refractivity contribution >= 4 is 23.0 Å². The third-order valence-corrected chi connectivity index (χ3v) is 3.57. The molecule has 98 valence electrons. The normalized spacial score (nSPS) is 20.6. The van der Waals surface area contributed by atoms with Gasteiger partial charge < -0.3 is 16.0 Å². The maximum Gasteiger partial charge on any atom is 0.126 e. The van der Waals surface area contributed by atoms with E-state index in [4.69, 9.17) is 18.0 Å². The van der Waals surface area contributed by atoms with E-state index in [9.17, 15) is 0 Å². The average molecular weight is 264 g/mol. The summed E-state index contributed by atoms with van der Waals surface area (Å²) in [5, 5.41) is 3.38. The largest absolute Gasteiger partial charge is 0.389 e. The second-order valence-electron chi connectivity index (χ2n) is 4.95. The van der Waals surface area contributed by atoms with Crippen molar-refractivity contribution in [3.63, 3.8) is 0 Å². The molecule has 1 aliphatic rings. The third-order valence-electron chi connectivity index (χ3n) is 3.34. The van der Waals surface area contributed by atoms with E-state index < -0.39 is 0 Å². The molecule has 1 fully saturated rings. The van der Waals surface area contributed by atoms with Gasteiger partial charge in [-0.15, -0.1) is 0 Å². The van der Waals surface area contributed by atoms with Crippen molar-refractivity contribution in [2.75, 3.05) is 32.0 Å². The molecule has 0 radical (unpaired) electrons. The van der Waals surface area contributed by atoms with E-state index in [2.05, 4.69) is 22.2 Å². The molecule has 2 rings (SSSR count). The van der Waals surface area contributed by atoms with E-state index in [0.29, 0.717) is 10.9 Å². The molecule has 1 aromatic heterocycles. The topological polar surface area (TPSA) is 54.2 Å². The van der Waals surface area contributed by atoms with Crippen molar-refractivity contribution in [2.45, 2.75) is 12.8 Å². The summed E-state index contributed by atoms with van der Waals surface area (Å²) in [7, 11) is 2.18. The number of aromatic nitrogens is 1. The zero-order valence-electron chi connectivity index (χ0n) is 10.7. The lowest BCUT2D eigenvalue weighted by atomic mass is 9.98. The van der Waals surface area contributed by atoms with E-state index in [1.807, 2.05) is 12.1 Å². The predicted octanol–water partition coefficient (Wildman–Crippen LogP) is 1.47. The van der Waals surface area contributed by atoms with Crippen molar-refractivity contribution < 1.29 is 0 Å². The average Bonchev–Trinajstić information content (AvgIpc) is 2.37. The van der Waals surface area contributed by atoms with Crippen LogP contribution < -0.4 is 11.1 Å². The van der Waals surface area contributed by atoms with Gasteiger partial charge in [-0.05, 0) is 44.5 Å². The van der Waals surface area contributed by atoms with Gasteiger partial charge in [-0.25, -0.2) is 4.98 Å².